The van der Waals surface area contributed by atoms with Crippen LogP contribution in [-0.4, -0.2) is 18.9 Å². The Morgan fingerprint density at radius 3 is 2.84 bits per heavy atom. The summed E-state index contributed by atoms with van der Waals surface area (Å²) in [5.74, 6) is 0.451. The Labute approximate surface area is 111 Å². The van der Waals surface area contributed by atoms with Gasteiger partial charge in [-0.2, -0.15) is 0 Å². The van der Waals surface area contributed by atoms with Crippen LogP contribution in [0.1, 0.15) is 34.3 Å². The van der Waals surface area contributed by atoms with E-state index in [1.807, 2.05) is 13.0 Å². The Hall–Kier alpha value is -2.36. The van der Waals surface area contributed by atoms with Crippen molar-refractivity contribution in [3.05, 3.63) is 47.7 Å². The van der Waals surface area contributed by atoms with Crippen LogP contribution in [0, 0.1) is 0 Å². The van der Waals surface area contributed by atoms with E-state index >= 15 is 0 Å². The van der Waals surface area contributed by atoms with E-state index in [-0.39, 0.29) is 11.7 Å². The molecule has 1 aromatic carbocycles. The normalized spacial score (nSPS) is 10.2. The average molecular weight is 258 g/mol. The molecule has 0 atom stereocenters. The smallest absolute Gasteiger partial charge is 0.338 e. The molecule has 0 fully saturated rings. The van der Waals surface area contributed by atoms with E-state index in [2.05, 4.69) is 0 Å². The number of rotatable bonds is 5. The molecule has 4 heteroatoms. The van der Waals surface area contributed by atoms with Gasteiger partial charge < -0.3 is 9.15 Å². The molecule has 4 nitrogen and oxygen atoms in total. The summed E-state index contributed by atoms with van der Waals surface area (Å²) in [6.45, 7) is 2.34. The molecular formula is C15H14O4. The Bertz CT molecular complexity index is 583. The van der Waals surface area contributed by atoms with Gasteiger partial charge in [-0.05, 0) is 30.7 Å². The molecule has 0 spiro atoms. The minimum absolute atomic E-state index is 0.258. The Morgan fingerprint density at radius 1 is 1.32 bits per heavy atom. The van der Waals surface area contributed by atoms with Crippen molar-refractivity contribution in [1.82, 2.24) is 0 Å². The molecule has 0 N–H and O–H groups in total. The van der Waals surface area contributed by atoms with Crippen molar-refractivity contribution in [2.24, 2.45) is 0 Å². The number of esters is 1. The van der Waals surface area contributed by atoms with E-state index in [9.17, 15) is 9.59 Å². The molecule has 0 aliphatic carbocycles. The topological polar surface area (TPSA) is 56.5 Å². The van der Waals surface area contributed by atoms with Crippen molar-refractivity contribution >= 4 is 12.3 Å². The molecule has 0 radical (unpaired) electrons. The van der Waals surface area contributed by atoms with Crippen molar-refractivity contribution in [3.63, 3.8) is 0 Å². The molecule has 0 aliphatic heterocycles. The summed E-state index contributed by atoms with van der Waals surface area (Å²) in [6.07, 6.45) is 1.43. The summed E-state index contributed by atoms with van der Waals surface area (Å²) < 4.78 is 10.4. The first kappa shape index (κ1) is 13.1. The summed E-state index contributed by atoms with van der Waals surface area (Å²) in [7, 11) is 0. The third kappa shape index (κ3) is 3.10. The fraction of sp³-hybridized carbons (Fsp3) is 0.200. The summed E-state index contributed by atoms with van der Waals surface area (Å²) in [5, 5.41) is 0. The summed E-state index contributed by atoms with van der Waals surface area (Å²) in [4.78, 5) is 22.3. The number of hydrogen-bond acceptors (Lipinski definition) is 4. The van der Waals surface area contributed by atoms with Crippen molar-refractivity contribution < 1.29 is 18.7 Å². The van der Waals surface area contributed by atoms with Gasteiger partial charge in [0.05, 0.1) is 12.2 Å². The highest BCUT2D eigenvalue weighted by Crippen LogP contribution is 2.22. The zero-order valence-electron chi connectivity index (χ0n) is 10.6. The van der Waals surface area contributed by atoms with Crippen molar-refractivity contribution in [2.75, 3.05) is 6.61 Å². The molecule has 0 aliphatic rings. The average Bonchev–Trinajstić information content (AvgIpc) is 2.94. The van der Waals surface area contributed by atoms with Gasteiger partial charge in [0.2, 0.25) is 0 Å². The molecule has 2 rings (SSSR count). The first-order chi connectivity index (χ1) is 9.24. The minimum atomic E-state index is -0.356. The second-order valence-electron chi connectivity index (χ2n) is 4.04. The van der Waals surface area contributed by atoms with Gasteiger partial charge in [-0.3, -0.25) is 4.79 Å². The lowest BCUT2D eigenvalue weighted by molar-refractivity contribution is 0.0505. The molecule has 1 heterocycles. The third-order valence-corrected chi connectivity index (χ3v) is 2.56. The van der Waals surface area contributed by atoms with Crippen LogP contribution >= 0.6 is 0 Å². The molecule has 0 unspecified atom stereocenters. The van der Waals surface area contributed by atoms with Crippen LogP contribution in [-0.2, 0) is 4.74 Å². The van der Waals surface area contributed by atoms with Crippen molar-refractivity contribution in [2.45, 2.75) is 13.3 Å². The van der Waals surface area contributed by atoms with Gasteiger partial charge in [0, 0.05) is 5.56 Å². The van der Waals surface area contributed by atoms with Gasteiger partial charge in [-0.15, -0.1) is 0 Å². The largest absolute Gasteiger partial charge is 0.462 e. The molecule has 1 aromatic heterocycles. The molecule has 19 heavy (non-hydrogen) atoms. The number of aldehydes is 1. The molecule has 0 bridgehead atoms. The Morgan fingerprint density at radius 2 is 2.16 bits per heavy atom. The lowest BCUT2D eigenvalue weighted by Crippen LogP contribution is -2.05. The predicted molar refractivity (Wildman–Crippen MR) is 70.1 cm³/mol. The van der Waals surface area contributed by atoms with Crippen LogP contribution in [0.3, 0.4) is 0 Å². The molecule has 0 amide bonds. The van der Waals surface area contributed by atoms with Gasteiger partial charge in [0.1, 0.15) is 5.76 Å². The maximum atomic E-state index is 11.7. The zero-order chi connectivity index (χ0) is 13.7. The zero-order valence-corrected chi connectivity index (χ0v) is 10.6. The van der Waals surface area contributed by atoms with E-state index in [1.165, 1.54) is 0 Å². The standard InChI is InChI=1S/C15H14O4/c1-2-8-18-15(17)12-5-3-4-11(9-12)14-7-6-13(10-16)19-14/h3-7,9-10H,2,8H2,1H3. The minimum Gasteiger partial charge on any atom is -0.462 e. The van der Waals surface area contributed by atoms with Crippen LogP contribution in [0.15, 0.2) is 40.8 Å². The quantitative estimate of drug-likeness (QED) is 0.609. The first-order valence-electron chi connectivity index (χ1n) is 6.07. The van der Waals surface area contributed by atoms with Crippen LogP contribution in [0.5, 0.6) is 0 Å². The van der Waals surface area contributed by atoms with Crippen molar-refractivity contribution in [3.8, 4) is 11.3 Å². The number of hydrogen-bond donors (Lipinski definition) is 0. The van der Waals surface area contributed by atoms with Gasteiger partial charge in [-0.1, -0.05) is 19.1 Å². The van der Waals surface area contributed by atoms with Gasteiger partial charge >= 0.3 is 5.97 Å². The van der Waals surface area contributed by atoms with Crippen LogP contribution in [0.4, 0.5) is 0 Å². The predicted octanol–water partition coefficient (Wildman–Crippen LogP) is 3.33. The number of benzene rings is 1. The lowest BCUT2D eigenvalue weighted by Gasteiger charge is -2.04. The van der Waals surface area contributed by atoms with E-state index in [0.29, 0.717) is 24.2 Å². The summed E-state index contributed by atoms with van der Waals surface area (Å²) >= 11 is 0. The summed E-state index contributed by atoms with van der Waals surface area (Å²) in [6, 6.07) is 10.2. The molecular weight excluding hydrogens is 244 g/mol. The Kier molecular flexibility index (Phi) is 4.13. The molecule has 98 valence electrons. The number of furan rings is 1. The highest BCUT2D eigenvalue weighted by atomic mass is 16.5. The van der Waals surface area contributed by atoms with Crippen LogP contribution in [0.25, 0.3) is 11.3 Å². The van der Waals surface area contributed by atoms with Gasteiger partial charge in [0.15, 0.2) is 12.0 Å². The monoisotopic (exact) mass is 258 g/mol. The van der Waals surface area contributed by atoms with Crippen molar-refractivity contribution in [1.29, 1.82) is 0 Å². The second kappa shape index (κ2) is 6.00. The lowest BCUT2D eigenvalue weighted by atomic mass is 10.1. The molecule has 0 saturated heterocycles. The molecule has 0 saturated carbocycles. The number of carbonyl (C=O) groups excluding carboxylic acids is 2. The van der Waals surface area contributed by atoms with Gasteiger partial charge in [-0.25, -0.2) is 4.79 Å². The maximum absolute atomic E-state index is 11.7. The highest BCUT2D eigenvalue weighted by Gasteiger charge is 2.10. The van der Waals surface area contributed by atoms with E-state index in [0.717, 1.165) is 12.0 Å². The third-order valence-electron chi connectivity index (χ3n) is 2.56. The van der Waals surface area contributed by atoms with E-state index in [1.54, 1.807) is 30.3 Å². The van der Waals surface area contributed by atoms with E-state index in [4.69, 9.17) is 9.15 Å². The van der Waals surface area contributed by atoms with Crippen LogP contribution < -0.4 is 0 Å². The number of ether oxygens (including phenoxy) is 1. The van der Waals surface area contributed by atoms with Gasteiger partial charge in [0.25, 0.3) is 0 Å². The fourth-order valence-electron chi connectivity index (χ4n) is 1.65. The second-order valence-corrected chi connectivity index (χ2v) is 4.04. The summed E-state index contributed by atoms with van der Waals surface area (Å²) in [5.41, 5.74) is 1.20. The highest BCUT2D eigenvalue weighted by molar-refractivity contribution is 5.90. The van der Waals surface area contributed by atoms with Crippen LogP contribution in [0.2, 0.25) is 0 Å². The van der Waals surface area contributed by atoms with E-state index < -0.39 is 0 Å². The maximum Gasteiger partial charge on any atom is 0.338 e. The first-order valence-corrected chi connectivity index (χ1v) is 6.07. The molecule has 2 aromatic rings. The SMILES string of the molecule is CCCOC(=O)c1cccc(-c2ccc(C=O)o2)c1. The fourth-order valence-corrected chi connectivity index (χ4v) is 1.65. The number of carbonyl (C=O) groups is 2. The Balaban J connectivity index is 2.23.